The molecule has 0 radical (unpaired) electrons. The van der Waals surface area contributed by atoms with Crippen LogP contribution in [-0.2, 0) is 19.6 Å². The van der Waals surface area contributed by atoms with Crippen LogP contribution in [0, 0.1) is 6.92 Å². The number of aromatic nitrogens is 2. The van der Waals surface area contributed by atoms with E-state index in [4.69, 9.17) is 4.42 Å². The summed E-state index contributed by atoms with van der Waals surface area (Å²) < 4.78 is 7.65. The number of amides is 3. The third kappa shape index (κ3) is 3.83. The summed E-state index contributed by atoms with van der Waals surface area (Å²) in [7, 11) is 3.51. The Bertz CT molecular complexity index is 1070. The first-order chi connectivity index (χ1) is 13.9. The van der Waals surface area contributed by atoms with Gasteiger partial charge in [0.2, 0.25) is 0 Å². The van der Waals surface area contributed by atoms with Crippen LogP contribution in [0.1, 0.15) is 33.9 Å². The third-order valence-corrected chi connectivity index (χ3v) is 5.11. The smallest absolute Gasteiger partial charge is 0.319 e. The summed E-state index contributed by atoms with van der Waals surface area (Å²) in [6.07, 6.45) is 0.846. The molecule has 3 aromatic rings. The summed E-state index contributed by atoms with van der Waals surface area (Å²) >= 11 is 0. The number of rotatable bonds is 3. The lowest BCUT2D eigenvalue weighted by Gasteiger charge is -2.23. The Morgan fingerprint density at radius 3 is 2.83 bits per heavy atom. The summed E-state index contributed by atoms with van der Waals surface area (Å²) in [6.45, 7) is 4.23. The highest BCUT2D eigenvalue weighted by Gasteiger charge is 2.22. The molecule has 0 saturated heterocycles. The zero-order chi connectivity index (χ0) is 20.5. The molecule has 1 aliphatic heterocycles. The lowest BCUT2D eigenvalue weighted by Crippen LogP contribution is -2.38. The molecule has 0 saturated carbocycles. The van der Waals surface area contributed by atoms with Crippen molar-refractivity contribution in [3.63, 3.8) is 0 Å². The molecule has 8 nitrogen and oxygen atoms in total. The van der Waals surface area contributed by atoms with Crippen LogP contribution in [0.2, 0.25) is 0 Å². The molecule has 0 fully saturated rings. The topological polar surface area (TPSA) is 83.6 Å². The van der Waals surface area contributed by atoms with Crippen LogP contribution in [0.3, 0.4) is 0 Å². The molecule has 1 aliphatic rings. The molecule has 0 unspecified atom stereocenters. The lowest BCUT2D eigenvalue weighted by atomic mass is 10.2. The van der Waals surface area contributed by atoms with Crippen LogP contribution in [0.15, 0.2) is 34.7 Å². The van der Waals surface area contributed by atoms with Crippen LogP contribution in [0.25, 0.3) is 11.0 Å². The van der Waals surface area contributed by atoms with E-state index in [0.29, 0.717) is 19.6 Å². The summed E-state index contributed by atoms with van der Waals surface area (Å²) in [5, 5.41) is 8.38. The maximum Gasteiger partial charge on any atom is 0.319 e. The second kappa shape index (κ2) is 7.62. The summed E-state index contributed by atoms with van der Waals surface area (Å²) in [6, 6.07) is 9.52. The number of aryl methyl sites for hydroxylation is 2. The Kier molecular flexibility index (Phi) is 5.00. The van der Waals surface area contributed by atoms with Gasteiger partial charge < -0.3 is 19.5 Å². The zero-order valence-electron chi connectivity index (χ0n) is 16.9. The molecule has 2 aromatic heterocycles. The fourth-order valence-corrected chi connectivity index (χ4v) is 3.63. The quantitative estimate of drug-likeness (QED) is 0.739. The number of hydrogen-bond donors (Lipinski definition) is 1. The van der Waals surface area contributed by atoms with Crippen molar-refractivity contribution in [2.24, 2.45) is 0 Å². The van der Waals surface area contributed by atoms with Crippen LogP contribution in [0.4, 0.5) is 4.79 Å². The number of nitrogens with one attached hydrogen (secondary N) is 1. The molecule has 8 heteroatoms. The highest BCUT2D eigenvalue weighted by atomic mass is 16.3. The summed E-state index contributed by atoms with van der Waals surface area (Å²) in [5.74, 6) is 0.0195. The first-order valence-corrected chi connectivity index (χ1v) is 9.71. The van der Waals surface area contributed by atoms with E-state index in [1.807, 2.05) is 40.8 Å². The van der Waals surface area contributed by atoms with Crippen LogP contribution >= 0.6 is 0 Å². The van der Waals surface area contributed by atoms with Crippen molar-refractivity contribution in [1.29, 1.82) is 0 Å². The van der Waals surface area contributed by atoms with Crippen molar-refractivity contribution in [2.45, 2.75) is 33.0 Å². The number of carbonyl (C=O) groups excluding carboxylic acids is 2. The van der Waals surface area contributed by atoms with Crippen LogP contribution in [-0.4, -0.2) is 52.2 Å². The molecule has 3 amide bonds. The van der Waals surface area contributed by atoms with E-state index in [9.17, 15) is 9.59 Å². The van der Waals surface area contributed by atoms with E-state index >= 15 is 0 Å². The number of carbonyl (C=O) groups is 2. The van der Waals surface area contributed by atoms with Crippen molar-refractivity contribution in [1.82, 2.24) is 24.9 Å². The van der Waals surface area contributed by atoms with Crippen molar-refractivity contribution in [3.8, 4) is 0 Å². The molecule has 3 heterocycles. The first kappa shape index (κ1) is 19.0. The Balaban J connectivity index is 1.44. The minimum absolute atomic E-state index is 0.00492. The number of fused-ring (bicyclic) bond motifs is 2. The third-order valence-electron chi connectivity index (χ3n) is 5.11. The highest BCUT2D eigenvalue weighted by Crippen LogP contribution is 2.22. The van der Waals surface area contributed by atoms with E-state index in [-0.39, 0.29) is 17.7 Å². The number of urea groups is 1. The van der Waals surface area contributed by atoms with E-state index in [1.54, 1.807) is 25.1 Å². The fraction of sp³-hybridized carbons (Fsp3) is 0.381. The van der Waals surface area contributed by atoms with Gasteiger partial charge in [0.15, 0.2) is 5.76 Å². The van der Waals surface area contributed by atoms with Crippen LogP contribution < -0.4 is 5.32 Å². The van der Waals surface area contributed by atoms with Gasteiger partial charge in [0.25, 0.3) is 5.91 Å². The van der Waals surface area contributed by atoms with Gasteiger partial charge in [-0.1, -0.05) is 18.2 Å². The summed E-state index contributed by atoms with van der Waals surface area (Å²) in [5.41, 5.74) is 3.47. The van der Waals surface area contributed by atoms with Crippen LogP contribution in [0.5, 0.6) is 0 Å². The largest absolute Gasteiger partial charge is 0.451 e. The molecule has 4 rings (SSSR count). The van der Waals surface area contributed by atoms with E-state index in [2.05, 4.69) is 10.4 Å². The van der Waals surface area contributed by atoms with Crippen molar-refractivity contribution >= 4 is 22.9 Å². The van der Waals surface area contributed by atoms with Gasteiger partial charge in [-0.05, 0) is 31.0 Å². The standard InChI is InChI=1S/C21H25N5O3/c1-14-6-4-7-15-10-18(29-19(14)15)20(27)22-12-16-11-17-13-25(21(28)24(2)3)8-5-9-26(17)23-16/h4,6-7,10-11H,5,8-9,12-13H2,1-3H3,(H,22,27). The SMILES string of the molecule is Cc1cccc2cc(C(=O)NCc3cc4n(n3)CCCN(C(=O)N(C)C)C4)oc12. The minimum atomic E-state index is -0.270. The van der Waals surface area contributed by atoms with Gasteiger partial charge >= 0.3 is 6.03 Å². The molecule has 1 N–H and O–H groups in total. The van der Waals surface area contributed by atoms with Gasteiger partial charge in [-0.2, -0.15) is 5.10 Å². The number of nitrogens with zero attached hydrogens (tertiary/aromatic N) is 4. The molecule has 0 aliphatic carbocycles. The Morgan fingerprint density at radius 2 is 2.07 bits per heavy atom. The first-order valence-electron chi connectivity index (χ1n) is 9.71. The molecule has 0 spiro atoms. The molecular formula is C21H25N5O3. The Hall–Kier alpha value is -3.29. The highest BCUT2D eigenvalue weighted by molar-refractivity contribution is 5.96. The van der Waals surface area contributed by atoms with Gasteiger partial charge in [-0.3, -0.25) is 9.48 Å². The monoisotopic (exact) mass is 395 g/mol. The molecule has 152 valence electrons. The maximum absolute atomic E-state index is 12.5. The van der Waals surface area contributed by atoms with Crippen molar-refractivity contribution in [2.75, 3.05) is 20.6 Å². The maximum atomic E-state index is 12.5. The molecule has 1 aromatic carbocycles. The predicted octanol–water partition coefficient (Wildman–Crippen LogP) is 2.76. The number of furan rings is 1. The van der Waals surface area contributed by atoms with Gasteiger partial charge in [0.1, 0.15) is 5.58 Å². The molecular weight excluding hydrogens is 370 g/mol. The van der Waals surface area contributed by atoms with E-state index in [1.165, 1.54) is 0 Å². The number of hydrogen-bond acceptors (Lipinski definition) is 4. The van der Waals surface area contributed by atoms with Crippen molar-refractivity contribution < 1.29 is 14.0 Å². The molecule has 0 atom stereocenters. The Morgan fingerprint density at radius 1 is 1.24 bits per heavy atom. The minimum Gasteiger partial charge on any atom is -0.451 e. The average Bonchev–Trinajstić information content (AvgIpc) is 3.25. The zero-order valence-corrected chi connectivity index (χ0v) is 16.9. The average molecular weight is 395 g/mol. The van der Waals surface area contributed by atoms with Gasteiger partial charge in [-0.25, -0.2) is 4.79 Å². The second-order valence-corrected chi connectivity index (χ2v) is 7.59. The summed E-state index contributed by atoms with van der Waals surface area (Å²) in [4.78, 5) is 28.2. The van der Waals surface area contributed by atoms with Gasteiger partial charge in [0, 0.05) is 32.6 Å². The second-order valence-electron chi connectivity index (χ2n) is 7.59. The van der Waals surface area contributed by atoms with Gasteiger partial charge in [0.05, 0.1) is 24.5 Å². The van der Waals surface area contributed by atoms with E-state index in [0.717, 1.165) is 40.9 Å². The van der Waals surface area contributed by atoms with E-state index < -0.39 is 0 Å². The van der Waals surface area contributed by atoms with Gasteiger partial charge in [-0.15, -0.1) is 0 Å². The fourth-order valence-electron chi connectivity index (χ4n) is 3.63. The molecule has 29 heavy (non-hydrogen) atoms. The predicted molar refractivity (Wildman–Crippen MR) is 108 cm³/mol. The number of para-hydroxylation sites is 1. The molecule has 0 bridgehead atoms. The lowest BCUT2D eigenvalue weighted by molar-refractivity contribution is 0.0924. The normalized spacial score (nSPS) is 13.8. The van der Waals surface area contributed by atoms with Crippen molar-refractivity contribution in [3.05, 3.63) is 53.0 Å². The Labute approximate surface area is 169 Å². The number of benzene rings is 1.